The van der Waals surface area contributed by atoms with Crippen molar-refractivity contribution in [2.45, 2.75) is 32.6 Å². The lowest BCUT2D eigenvalue weighted by Gasteiger charge is -2.34. The first kappa shape index (κ1) is 18.0. The molecule has 2 atom stereocenters. The molecule has 4 rings (SSSR count). The van der Waals surface area contributed by atoms with Gasteiger partial charge in [-0.05, 0) is 38.1 Å². The lowest BCUT2D eigenvalue weighted by molar-refractivity contribution is -0.144. The first-order chi connectivity index (χ1) is 13.6. The van der Waals surface area contributed by atoms with Crippen molar-refractivity contribution in [1.82, 2.24) is 14.9 Å². The van der Waals surface area contributed by atoms with Crippen LogP contribution < -0.4 is 15.0 Å². The average molecular weight is 379 g/mol. The minimum atomic E-state index is -0.762. The number of amides is 1. The number of ether oxygens (including phenoxy) is 2. The second kappa shape index (κ2) is 7.34. The van der Waals surface area contributed by atoms with Crippen molar-refractivity contribution in [1.29, 1.82) is 0 Å². The number of hydrogen-bond acceptors (Lipinski definition) is 5. The van der Waals surface area contributed by atoms with E-state index in [4.69, 9.17) is 9.47 Å². The third kappa shape index (κ3) is 3.31. The highest BCUT2D eigenvalue weighted by atomic mass is 16.6. The Morgan fingerprint density at radius 3 is 2.54 bits per heavy atom. The molecule has 0 spiro atoms. The SMILES string of the molecule is CCN(Cc1nc2ccccc2c(=O)[nH]1)C(=O)[C@@H]1Oc2ccccc2O[C@@H]1C. The molecule has 2 heterocycles. The number of carbonyl (C=O) groups excluding carboxylic acids is 1. The minimum absolute atomic E-state index is 0.184. The molecule has 0 saturated heterocycles. The molecule has 1 aromatic heterocycles. The van der Waals surface area contributed by atoms with E-state index in [0.717, 1.165) is 0 Å². The van der Waals surface area contributed by atoms with Gasteiger partial charge < -0.3 is 19.4 Å². The van der Waals surface area contributed by atoms with Crippen LogP contribution in [0.1, 0.15) is 19.7 Å². The van der Waals surface area contributed by atoms with E-state index in [0.29, 0.717) is 34.8 Å². The summed E-state index contributed by atoms with van der Waals surface area (Å²) in [4.78, 5) is 34.2. The molecule has 144 valence electrons. The van der Waals surface area contributed by atoms with E-state index in [1.165, 1.54) is 0 Å². The van der Waals surface area contributed by atoms with Crippen LogP contribution in [0.4, 0.5) is 0 Å². The predicted molar refractivity (Wildman–Crippen MR) is 104 cm³/mol. The zero-order valence-electron chi connectivity index (χ0n) is 15.7. The van der Waals surface area contributed by atoms with E-state index in [9.17, 15) is 9.59 Å². The number of nitrogens with zero attached hydrogens (tertiary/aromatic N) is 2. The monoisotopic (exact) mass is 379 g/mol. The molecule has 1 N–H and O–H groups in total. The van der Waals surface area contributed by atoms with Gasteiger partial charge in [-0.2, -0.15) is 0 Å². The summed E-state index contributed by atoms with van der Waals surface area (Å²) in [6.07, 6.45) is -1.19. The summed E-state index contributed by atoms with van der Waals surface area (Å²) in [6, 6.07) is 14.4. The lowest BCUT2D eigenvalue weighted by Crippen LogP contribution is -2.50. The van der Waals surface area contributed by atoms with Gasteiger partial charge in [0.2, 0.25) is 6.10 Å². The Morgan fingerprint density at radius 2 is 1.79 bits per heavy atom. The second-order valence-electron chi connectivity index (χ2n) is 6.69. The largest absolute Gasteiger partial charge is 0.482 e. The summed E-state index contributed by atoms with van der Waals surface area (Å²) in [5, 5.41) is 0.523. The zero-order valence-corrected chi connectivity index (χ0v) is 15.7. The maximum absolute atomic E-state index is 13.1. The van der Waals surface area contributed by atoms with Gasteiger partial charge >= 0.3 is 0 Å². The van der Waals surface area contributed by atoms with Crippen LogP contribution in [-0.4, -0.2) is 39.5 Å². The molecular weight excluding hydrogens is 358 g/mol. The van der Waals surface area contributed by atoms with E-state index >= 15 is 0 Å². The fraction of sp³-hybridized carbons (Fsp3) is 0.286. The van der Waals surface area contributed by atoms with Gasteiger partial charge in [-0.1, -0.05) is 24.3 Å². The Hall–Kier alpha value is -3.35. The summed E-state index contributed by atoms with van der Waals surface area (Å²) < 4.78 is 11.8. The first-order valence-corrected chi connectivity index (χ1v) is 9.26. The highest BCUT2D eigenvalue weighted by molar-refractivity contribution is 5.82. The van der Waals surface area contributed by atoms with Gasteiger partial charge in [0.1, 0.15) is 11.9 Å². The molecule has 2 aromatic carbocycles. The minimum Gasteiger partial charge on any atom is -0.482 e. The number of carbonyl (C=O) groups is 1. The number of fused-ring (bicyclic) bond motifs is 2. The Bertz CT molecular complexity index is 1080. The van der Waals surface area contributed by atoms with E-state index in [1.54, 1.807) is 29.2 Å². The van der Waals surface area contributed by atoms with Crippen LogP contribution in [0.3, 0.4) is 0 Å². The Kier molecular flexibility index (Phi) is 4.73. The van der Waals surface area contributed by atoms with E-state index in [-0.39, 0.29) is 18.0 Å². The quantitative estimate of drug-likeness (QED) is 0.753. The van der Waals surface area contributed by atoms with Gasteiger partial charge in [-0.15, -0.1) is 0 Å². The number of aromatic amines is 1. The molecule has 7 nitrogen and oxygen atoms in total. The third-order valence-corrected chi connectivity index (χ3v) is 4.78. The van der Waals surface area contributed by atoms with Crippen molar-refractivity contribution < 1.29 is 14.3 Å². The molecule has 1 amide bonds. The number of H-pyrrole nitrogens is 1. The van der Waals surface area contributed by atoms with Gasteiger partial charge in [-0.3, -0.25) is 9.59 Å². The molecule has 0 radical (unpaired) electrons. The standard InChI is InChI=1S/C21H21N3O4/c1-3-24(12-18-22-15-9-5-4-8-14(15)20(25)23-18)21(26)19-13(2)27-16-10-6-7-11-17(16)28-19/h4-11,13,19H,3,12H2,1-2H3,(H,22,23,25)/t13-,19-/m1/s1. The second-order valence-corrected chi connectivity index (χ2v) is 6.69. The Labute approximate surface area is 161 Å². The molecule has 0 aliphatic carbocycles. The van der Waals surface area contributed by atoms with Gasteiger partial charge in [0.05, 0.1) is 17.4 Å². The number of hydrogen-bond donors (Lipinski definition) is 1. The highest BCUT2D eigenvalue weighted by Crippen LogP contribution is 2.34. The van der Waals surface area contributed by atoms with Crippen molar-refractivity contribution in [3.8, 4) is 11.5 Å². The summed E-state index contributed by atoms with van der Waals surface area (Å²) in [5.74, 6) is 1.40. The van der Waals surface area contributed by atoms with Gasteiger partial charge in [0.25, 0.3) is 11.5 Å². The van der Waals surface area contributed by atoms with Crippen LogP contribution in [0.2, 0.25) is 0 Å². The maximum Gasteiger partial charge on any atom is 0.267 e. The number of likely N-dealkylation sites (N-methyl/N-ethyl adjacent to an activating group) is 1. The van der Waals surface area contributed by atoms with Gasteiger partial charge in [0, 0.05) is 6.54 Å². The van der Waals surface area contributed by atoms with Crippen molar-refractivity contribution in [3.63, 3.8) is 0 Å². The molecular formula is C21H21N3O4. The van der Waals surface area contributed by atoms with Crippen molar-refractivity contribution in [3.05, 3.63) is 64.7 Å². The van der Waals surface area contributed by atoms with Gasteiger partial charge in [0.15, 0.2) is 11.5 Å². The number of aromatic nitrogens is 2. The van der Waals surface area contributed by atoms with Crippen LogP contribution in [-0.2, 0) is 11.3 Å². The predicted octanol–water partition coefficient (Wildman–Crippen LogP) is 2.50. The van der Waals surface area contributed by atoms with E-state index < -0.39 is 12.2 Å². The molecule has 0 fully saturated rings. The van der Waals surface area contributed by atoms with Crippen molar-refractivity contribution in [2.24, 2.45) is 0 Å². The normalized spacial score (nSPS) is 18.1. The molecule has 0 bridgehead atoms. The van der Waals surface area contributed by atoms with Gasteiger partial charge in [-0.25, -0.2) is 4.98 Å². The van der Waals surface area contributed by atoms with E-state index in [2.05, 4.69) is 9.97 Å². The molecule has 1 aliphatic rings. The number of para-hydroxylation sites is 3. The summed E-state index contributed by atoms with van der Waals surface area (Å²) in [6.45, 7) is 4.31. The fourth-order valence-electron chi connectivity index (χ4n) is 3.31. The highest BCUT2D eigenvalue weighted by Gasteiger charge is 2.36. The fourth-order valence-corrected chi connectivity index (χ4v) is 3.31. The molecule has 0 saturated carbocycles. The van der Waals surface area contributed by atoms with Crippen LogP contribution in [0.5, 0.6) is 11.5 Å². The number of benzene rings is 2. The topological polar surface area (TPSA) is 84.5 Å². The zero-order chi connectivity index (χ0) is 19.7. The lowest BCUT2D eigenvalue weighted by atomic mass is 10.1. The van der Waals surface area contributed by atoms with Crippen LogP contribution in [0, 0.1) is 0 Å². The number of rotatable bonds is 4. The van der Waals surface area contributed by atoms with Crippen LogP contribution in [0.15, 0.2) is 53.3 Å². The van der Waals surface area contributed by atoms with Crippen molar-refractivity contribution >= 4 is 16.8 Å². The Balaban J connectivity index is 1.57. The molecule has 7 heteroatoms. The summed E-state index contributed by atoms with van der Waals surface area (Å²) in [5.41, 5.74) is 0.382. The smallest absolute Gasteiger partial charge is 0.267 e. The molecule has 0 unspecified atom stereocenters. The number of nitrogens with one attached hydrogen (secondary N) is 1. The maximum atomic E-state index is 13.1. The summed E-state index contributed by atoms with van der Waals surface area (Å²) in [7, 11) is 0. The van der Waals surface area contributed by atoms with Crippen LogP contribution >= 0.6 is 0 Å². The van der Waals surface area contributed by atoms with Crippen molar-refractivity contribution in [2.75, 3.05) is 6.54 Å². The van der Waals surface area contributed by atoms with E-state index in [1.807, 2.05) is 38.1 Å². The van der Waals surface area contributed by atoms with Crippen LogP contribution in [0.25, 0.3) is 10.9 Å². The molecule has 3 aromatic rings. The Morgan fingerprint density at radius 1 is 1.11 bits per heavy atom. The first-order valence-electron chi connectivity index (χ1n) is 9.26. The third-order valence-electron chi connectivity index (χ3n) is 4.78. The summed E-state index contributed by atoms with van der Waals surface area (Å²) >= 11 is 0. The molecule has 1 aliphatic heterocycles. The molecule has 28 heavy (non-hydrogen) atoms. The average Bonchev–Trinajstić information content (AvgIpc) is 2.71.